The number of amides is 1. The molecule has 0 aromatic heterocycles. The predicted molar refractivity (Wildman–Crippen MR) is 101 cm³/mol. The molecule has 146 valence electrons. The fraction of sp³-hybridized carbons (Fsp3) is 0.864. The number of fused-ring (bicyclic) bond motifs is 5. The van der Waals surface area contributed by atoms with Gasteiger partial charge in [0.05, 0.1) is 12.7 Å². The number of aliphatic hydroxyl groups excluding tert-OH is 2. The Balaban J connectivity index is 1.57. The number of carbonyl (C=O) groups is 1. The molecule has 0 radical (unpaired) electrons. The molecule has 26 heavy (non-hydrogen) atoms. The molecule has 4 aliphatic carbocycles. The molecule has 3 N–H and O–H groups in total. The molecule has 0 heterocycles. The van der Waals surface area contributed by atoms with Gasteiger partial charge in [-0.3, -0.25) is 4.79 Å². The normalized spacial score (nSPS) is 47.4. The van der Waals surface area contributed by atoms with Crippen molar-refractivity contribution in [2.24, 2.45) is 34.5 Å². The minimum absolute atomic E-state index is 0.0150. The van der Waals surface area contributed by atoms with Gasteiger partial charge < -0.3 is 15.5 Å². The predicted octanol–water partition coefficient (Wildman–Crippen LogP) is 3.03. The Morgan fingerprint density at radius 1 is 1.19 bits per heavy atom. The Morgan fingerprint density at radius 2 is 2.00 bits per heavy atom. The summed E-state index contributed by atoms with van der Waals surface area (Å²) in [6.45, 7) is 5.19. The van der Waals surface area contributed by atoms with Crippen LogP contribution in [0.2, 0.25) is 0 Å². The van der Waals surface area contributed by atoms with Crippen LogP contribution in [0.5, 0.6) is 0 Å². The number of carbonyl (C=O) groups excluding carboxylic acids is 1. The molecule has 4 nitrogen and oxygen atoms in total. The zero-order valence-corrected chi connectivity index (χ0v) is 16.3. The van der Waals surface area contributed by atoms with Gasteiger partial charge in [-0.15, -0.1) is 0 Å². The number of allylic oxidation sites excluding steroid dienone is 1. The van der Waals surface area contributed by atoms with Crippen molar-refractivity contribution in [3.05, 3.63) is 11.6 Å². The van der Waals surface area contributed by atoms with Crippen molar-refractivity contribution in [1.29, 1.82) is 0 Å². The third-order valence-electron chi connectivity index (χ3n) is 8.81. The first-order valence-electron chi connectivity index (χ1n) is 10.7. The van der Waals surface area contributed by atoms with Crippen molar-refractivity contribution >= 4 is 5.91 Å². The van der Waals surface area contributed by atoms with Gasteiger partial charge in [0.25, 0.3) is 0 Å². The van der Waals surface area contributed by atoms with Gasteiger partial charge in [0.15, 0.2) is 0 Å². The van der Waals surface area contributed by atoms with Crippen LogP contribution >= 0.6 is 0 Å². The number of rotatable bonds is 3. The lowest BCUT2D eigenvalue weighted by Gasteiger charge is -2.57. The zero-order chi connectivity index (χ0) is 18.5. The Labute approximate surface area is 157 Å². The van der Waals surface area contributed by atoms with Crippen LogP contribution in [0.3, 0.4) is 0 Å². The highest BCUT2D eigenvalue weighted by Gasteiger charge is 2.59. The summed E-state index contributed by atoms with van der Waals surface area (Å²) in [5.74, 6) is 2.29. The molecule has 0 aromatic rings. The van der Waals surface area contributed by atoms with E-state index in [1.54, 1.807) is 0 Å². The van der Waals surface area contributed by atoms with E-state index in [2.05, 4.69) is 25.2 Å². The van der Waals surface area contributed by atoms with Crippen molar-refractivity contribution in [2.45, 2.75) is 71.3 Å². The molecule has 1 amide bonds. The fourth-order valence-electron chi connectivity index (χ4n) is 7.37. The van der Waals surface area contributed by atoms with Crippen LogP contribution < -0.4 is 5.32 Å². The molecule has 4 heteroatoms. The van der Waals surface area contributed by atoms with Crippen LogP contribution in [-0.2, 0) is 4.79 Å². The lowest BCUT2D eigenvalue weighted by Crippen LogP contribution is -2.52. The van der Waals surface area contributed by atoms with Crippen molar-refractivity contribution in [3.63, 3.8) is 0 Å². The lowest BCUT2D eigenvalue weighted by molar-refractivity contribution is -0.132. The van der Waals surface area contributed by atoms with E-state index in [9.17, 15) is 9.90 Å². The molecule has 4 rings (SSSR count). The molecule has 4 aliphatic rings. The lowest BCUT2D eigenvalue weighted by atomic mass is 9.47. The fourth-order valence-corrected chi connectivity index (χ4v) is 7.37. The topological polar surface area (TPSA) is 69.6 Å². The quantitative estimate of drug-likeness (QED) is 0.677. The summed E-state index contributed by atoms with van der Waals surface area (Å²) in [5.41, 5.74) is 1.88. The molecular weight excluding hydrogens is 326 g/mol. The number of aliphatic hydroxyl groups is 2. The minimum Gasteiger partial charge on any atom is -0.395 e. The first kappa shape index (κ1) is 18.5. The maximum Gasteiger partial charge on any atom is 0.223 e. The van der Waals surface area contributed by atoms with E-state index in [0.29, 0.717) is 24.3 Å². The minimum atomic E-state index is -0.147. The van der Waals surface area contributed by atoms with Crippen molar-refractivity contribution in [3.8, 4) is 0 Å². The molecule has 7 atom stereocenters. The standard InChI is InChI=1S/C22H35NO3/c1-21-9-7-15(25)13-14(21)3-4-16-17-5-6-19(20(26)23-11-12-24)22(17,2)10-8-18(16)21/h3,15-19,24-25H,4-13H2,1-2H3,(H,23,26)/t15-,16-,17-,18-,19+,21-,22-/m0/s1. The smallest absolute Gasteiger partial charge is 0.223 e. The average molecular weight is 362 g/mol. The van der Waals surface area contributed by atoms with Crippen LogP contribution in [0.1, 0.15) is 65.2 Å². The highest BCUT2D eigenvalue weighted by atomic mass is 16.3. The number of hydrogen-bond donors (Lipinski definition) is 3. The highest BCUT2D eigenvalue weighted by molar-refractivity contribution is 5.80. The van der Waals surface area contributed by atoms with Crippen LogP contribution in [0.25, 0.3) is 0 Å². The van der Waals surface area contributed by atoms with E-state index < -0.39 is 0 Å². The molecule has 3 fully saturated rings. The molecule has 3 saturated carbocycles. The summed E-state index contributed by atoms with van der Waals surface area (Å²) in [5, 5.41) is 22.1. The first-order valence-corrected chi connectivity index (χ1v) is 10.7. The van der Waals surface area contributed by atoms with Gasteiger partial charge in [0.2, 0.25) is 5.91 Å². The first-order chi connectivity index (χ1) is 12.4. The maximum atomic E-state index is 12.7. The zero-order valence-electron chi connectivity index (χ0n) is 16.3. The Morgan fingerprint density at radius 3 is 2.77 bits per heavy atom. The van der Waals surface area contributed by atoms with Crippen LogP contribution in [0.15, 0.2) is 11.6 Å². The van der Waals surface area contributed by atoms with Crippen LogP contribution in [-0.4, -0.2) is 35.4 Å². The van der Waals surface area contributed by atoms with Gasteiger partial charge in [-0.2, -0.15) is 0 Å². The van der Waals surface area contributed by atoms with E-state index in [1.165, 1.54) is 12.0 Å². The van der Waals surface area contributed by atoms with E-state index in [1.807, 2.05) is 0 Å². The second-order valence-electron chi connectivity index (χ2n) is 9.85. The molecule has 0 aromatic carbocycles. The second-order valence-corrected chi connectivity index (χ2v) is 9.85. The second kappa shape index (κ2) is 6.63. The van der Waals surface area contributed by atoms with Crippen LogP contribution in [0, 0.1) is 34.5 Å². The summed E-state index contributed by atoms with van der Waals surface area (Å²) in [6.07, 6.45) is 10.9. The Kier molecular flexibility index (Phi) is 4.71. The third kappa shape index (κ3) is 2.67. The van der Waals surface area contributed by atoms with Gasteiger partial charge in [-0.05, 0) is 80.0 Å². The molecule has 0 saturated heterocycles. The summed E-state index contributed by atoms with van der Waals surface area (Å²) in [6, 6.07) is 0. The molecule has 0 aliphatic heterocycles. The maximum absolute atomic E-state index is 12.7. The SMILES string of the molecule is C[C@]12CC[C@H]3[C@@H](CC=C4C[C@@H](O)CC[C@@]43C)[C@@H]1CC[C@@H]2C(=O)NCCO. The van der Waals surface area contributed by atoms with E-state index in [4.69, 9.17) is 5.11 Å². The molecule has 0 spiro atoms. The van der Waals surface area contributed by atoms with Crippen LogP contribution in [0.4, 0.5) is 0 Å². The number of hydrogen-bond acceptors (Lipinski definition) is 3. The average Bonchev–Trinajstić information content (AvgIpc) is 2.97. The molecular formula is C22H35NO3. The summed E-state index contributed by atoms with van der Waals surface area (Å²) in [4.78, 5) is 12.7. The van der Waals surface area contributed by atoms with Crippen molar-refractivity contribution < 1.29 is 15.0 Å². The third-order valence-corrected chi connectivity index (χ3v) is 8.81. The van der Waals surface area contributed by atoms with E-state index in [0.717, 1.165) is 44.9 Å². The van der Waals surface area contributed by atoms with E-state index >= 15 is 0 Å². The van der Waals surface area contributed by atoms with Gasteiger partial charge in [-0.25, -0.2) is 0 Å². The van der Waals surface area contributed by atoms with Gasteiger partial charge in [0.1, 0.15) is 0 Å². The summed E-state index contributed by atoms with van der Waals surface area (Å²) >= 11 is 0. The monoisotopic (exact) mass is 361 g/mol. The van der Waals surface area contributed by atoms with Gasteiger partial charge in [-0.1, -0.05) is 25.5 Å². The largest absolute Gasteiger partial charge is 0.395 e. The van der Waals surface area contributed by atoms with Crippen molar-refractivity contribution in [1.82, 2.24) is 5.32 Å². The number of nitrogens with one attached hydrogen (secondary N) is 1. The van der Waals surface area contributed by atoms with Gasteiger partial charge >= 0.3 is 0 Å². The summed E-state index contributed by atoms with van der Waals surface area (Å²) < 4.78 is 0. The molecule has 0 bridgehead atoms. The van der Waals surface area contributed by atoms with Crippen molar-refractivity contribution in [2.75, 3.05) is 13.2 Å². The Bertz CT molecular complexity index is 602. The summed E-state index contributed by atoms with van der Waals surface area (Å²) in [7, 11) is 0. The van der Waals surface area contributed by atoms with E-state index in [-0.39, 0.29) is 35.4 Å². The molecule has 0 unspecified atom stereocenters. The van der Waals surface area contributed by atoms with Gasteiger partial charge in [0, 0.05) is 12.5 Å². The Hall–Kier alpha value is -0.870. The highest BCUT2D eigenvalue weighted by Crippen LogP contribution is 2.66.